The van der Waals surface area contributed by atoms with Crippen LogP contribution in [0, 0.1) is 6.92 Å². The van der Waals surface area contributed by atoms with Gasteiger partial charge >= 0.3 is 0 Å². The van der Waals surface area contributed by atoms with Gasteiger partial charge in [0.1, 0.15) is 5.15 Å². The van der Waals surface area contributed by atoms with Crippen molar-refractivity contribution in [1.29, 1.82) is 0 Å². The minimum absolute atomic E-state index is 0.0454. The molecule has 0 amide bonds. The predicted molar refractivity (Wildman–Crippen MR) is 44.3 cm³/mol. The Kier molecular flexibility index (Phi) is 2.93. The van der Waals surface area contributed by atoms with Gasteiger partial charge in [-0.25, -0.2) is 13.8 Å². The molecular weight excluding hydrogens is 200 g/mol. The fourth-order valence-corrected chi connectivity index (χ4v) is 1.29. The first-order valence-electron chi connectivity index (χ1n) is 3.46. The Labute approximate surface area is 78.5 Å². The summed E-state index contributed by atoms with van der Waals surface area (Å²) in [5, 5.41) is 0.0454. The van der Waals surface area contributed by atoms with Gasteiger partial charge in [0, 0.05) is 16.8 Å². The lowest BCUT2D eigenvalue weighted by Crippen LogP contribution is -1.99. The molecule has 0 N–H and O–H groups in total. The molecule has 2 nitrogen and oxygen atoms in total. The number of hydrogen-bond donors (Lipinski definition) is 0. The van der Waals surface area contributed by atoms with Crippen LogP contribution < -0.4 is 0 Å². The third-order valence-corrected chi connectivity index (χ3v) is 1.79. The van der Waals surface area contributed by atoms with Crippen molar-refractivity contribution in [2.24, 2.45) is 0 Å². The van der Waals surface area contributed by atoms with Gasteiger partial charge in [-0.1, -0.05) is 11.6 Å². The lowest BCUT2D eigenvalue weighted by molar-refractivity contribution is 0.110. The first kappa shape index (κ1) is 10.1. The summed E-state index contributed by atoms with van der Waals surface area (Å²) < 4.78 is 24.7. The molecule has 1 heterocycles. The number of carbonyl (C=O) groups is 1. The van der Waals surface area contributed by atoms with Crippen molar-refractivity contribution in [2.75, 3.05) is 0 Å². The standard InChI is InChI=1S/C8H6ClF2NO/c1-4-7(8(10)11)5(3-13)2-6(9)12-4/h2-3,8H,1H3. The summed E-state index contributed by atoms with van der Waals surface area (Å²) in [6.45, 7) is 1.39. The zero-order valence-electron chi connectivity index (χ0n) is 6.72. The van der Waals surface area contributed by atoms with Gasteiger partial charge in [0.2, 0.25) is 0 Å². The van der Waals surface area contributed by atoms with Gasteiger partial charge in [0.15, 0.2) is 6.29 Å². The second-order valence-electron chi connectivity index (χ2n) is 2.45. The maximum Gasteiger partial charge on any atom is 0.266 e. The van der Waals surface area contributed by atoms with Crippen LogP contribution in [-0.4, -0.2) is 11.3 Å². The number of aldehydes is 1. The molecule has 1 rings (SSSR count). The van der Waals surface area contributed by atoms with E-state index in [1.807, 2.05) is 0 Å². The molecule has 0 aromatic carbocycles. The molecule has 13 heavy (non-hydrogen) atoms. The molecular formula is C8H6ClF2NO. The van der Waals surface area contributed by atoms with Crippen molar-refractivity contribution in [3.05, 3.63) is 28.0 Å². The highest BCUT2D eigenvalue weighted by Crippen LogP contribution is 2.26. The average Bonchev–Trinajstić information content (AvgIpc) is 2.01. The van der Waals surface area contributed by atoms with E-state index < -0.39 is 6.43 Å². The highest BCUT2D eigenvalue weighted by Gasteiger charge is 2.17. The highest BCUT2D eigenvalue weighted by molar-refractivity contribution is 6.29. The molecule has 0 aliphatic heterocycles. The SMILES string of the molecule is Cc1nc(Cl)cc(C=O)c1C(F)F. The van der Waals surface area contributed by atoms with E-state index in [1.165, 1.54) is 6.92 Å². The normalized spacial score (nSPS) is 10.5. The van der Waals surface area contributed by atoms with Crippen LogP contribution in [0.5, 0.6) is 0 Å². The summed E-state index contributed by atoms with van der Waals surface area (Å²) in [4.78, 5) is 14.0. The van der Waals surface area contributed by atoms with Crippen LogP contribution >= 0.6 is 11.6 Å². The topological polar surface area (TPSA) is 30.0 Å². The maximum atomic E-state index is 12.4. The molecule has 70 valence electrons. The number of halogens is 3. The number of hydrogen-bond acceptors (Lipinski definition) is 2. The lowest BCUT2D eigenvalue weighted by Gasteiger charge is -2.06. The van der Waals surface area contributed by atoms with E-state index in [0.717, 1.165) is 6.07 Å². The fraction of sp³-hybridized carbons (Fsp3) is 0.250. The molecule has 0 atom stereocenters. The molecule has 0 saturated heterocycles. The molecule has 1 aromatic heterocycles. The fourth-order valence-electron chi connectivity index (χ4n) is 1.05. The number of aryl methyl sites for hydroxylation is 1. The Bertz CT molecular complexity index is 341. The van der Waals surface area contributed by atoms with Gasteiger partial charge in [-0.05, 0) is 13.0 Å². The van der Waals surface area contributed by atoms with Crippen molar-refractivity contribution in [3.8, 4) is 0 Å². The number of pyridine rings is 1. The second kappa shape index (κ2) is 3.79. The van der Waals surface area contributed by atoms with Gasteiger partial charge in [0.05, 0.1) is 0 Å². The lowest BCUT2D eigenvalue weighted by atomic mass is 10.1. The van der Waals surface area contributed by atoms with Crippen LogP contribution in [0.3, 0.4) is 0 Å². The van der Waals surface area contributed by atoms with Crippen LogP contribution in [0.2, 0.25) is 5.15 Å². The summed E-state index contributed by atoms with van der Waals surface area (Å²) >= 11 is 5.49. The Morgan fingerprint density at radius 3 is 2.69 bits per heavy atom. The summed E-state index contributed by atoms with van der Waals surface area (Å²) in [6.07, 6.45) is -2.35. The van der Waals surface area contributed by atoms with Crippen molar-refractivity contribution in [2.45, 2.75) is 13.3 Å². The zero-order chi connectivity index (χ0) is 10.0. The van der Waals surface area contributed by atoms with Crippen LogP contribution in [0.4, 0.5) is 8.78 Å². The van der Waals surface area contributed by atoms with E-state index >= 15 is 0 Å². The largest absolute Gasteiger partial charge is 0.298 e. The van der Waals surface area contributed by atoms with E-state index in [1.54, 1.807) is 0 Å². The van der Waals surface area contributed by atoms with Gasteiger partial charge < -0.3 is 0 Å². The molecule has 0 radical (unpaired) electrons. The van der Waals surface area contributed by atoms with Gasteiger partial charge in [-0.3, -0.25) is 4.79 Å². The smallest absolute Gasteiger partial charge is 0.266 e. The average molecular weight is 206 g/mol. The number of carbonyl (C=O) groups excluding carboxylic acids is 1. The number of aromatic nitrogens is 1. The third kappa shape index (κ3) is 2.01. The Balaban J connectivity index is 3.38. The Hall–Kier alpha value is -1.03. The van der Waals surface area contributed by atoms with Crippen molar-refractivity contribution in [3.63, 3.8) is 0 Å². The van der Waals surface area contributed by atoms with E-state index in [2.05, 4.69) is 4.98 Å². The van der Waals surface area contributed by atoms with Gasteiger partial charge in [-0.15, -0.1) is 0 Å². The second-order valence-corrected chi connectivity index (χ2v) is 2.84. The highest BCUT2D eigenvalue weighted by atomic mass is 35.5. The first-order chi connectivity index (χ1) is 6.06. The zero-order valence-corrected chi connectivity index (χ0v) is 7.48. The Morgan fingerprint density at radius 2 is 2.23 bits per heavy atom. The van der Waals surface area contributed by atoms with Crippen molar-refractivity contribution in [1.82, 2.24) is 4.98 Å². The minimum atomic E-state index is -2.70. The molecule has 0 fully saturated rings. The summed E-state index contributed by atoms with van der Waals surface area (Å²) in [7, 11) is 0. The van der Waals surface area contributed by atoms with Gasteiger partial charge in [0.25, 0.3) is 6.43 Å². The molecule has 0 aliphatic carbocycles. The first-order valence-corrected chi connectivity index (χ1v) is 3.84. The van der Waals surface area contributed by atoms with Crippen LogP contribution in [0.15, 0.2) is 6.07 Å². The summed E-state index contributed by atoms with van der Waals surface area (Å²) in [6, 6.07) is 1.13. The molecule has 0 bridgehead atoms. The van der Waals surface area contributed by atoms with Crippen LogP contribution in [-0.2, 0) is 0 Å². The van der Waals surface area contributed by atoms with Crippen LogP contribution in [0.1, 0.15) is 28.0 Å². The van der Waals surface area contributed by atoms with Crippen molar-refractivity contribution >= 4 is 17.9 Å². The predicted octanol–water partition coefficient (Wildman–Crippen LogP) is 2.79. The molecule has 1 aromatic rings. The van der Waals surface area contributed by atoms with Crippen LogP contribution in [0.25, 0.3) is 0 Å². The van der Waals surface area contributed by atoms with E-state index in [4.69, 9.17) is 11.6 Å². The van der Waals surface area contributed by atoms with Crippen molar-refractivity contribution < 1.29 is 13.6 Å². The number of alkyl halides is 2. The monoisotopic (exact) mass is 205 g/mol. The molecule has 0 unspecified atom stereocenters. The number of rotatable bonds is 2. The molecule has 5 heteroatoms. The van der Waals surface area contributed by atoms with E-state index in [0.29, 0.717) is 6.29 Å². The molecule has 0 spiro atoms. The van der Waals surface area contributed by atoms with E-state index in [9.17, 15) is 13.6 Å². The molecule has 0 aliphatic rings. The summed E-state index contributed by atoms with van der Waals surface area (Å²) in [5.41, 5.74) is -0.364. The summed E-state index contributed by atoms with van der Waals surface area (Å²) in [5.74, 6) is 0. The van der Waals surface area contributed by atoms with E-state index in [-0.39, 0.29) is 22.0 Å². The Morgan fingerprint density at radius 1 is 1.62 bits per heavy atom. The minimum Gasteiger partial charge on any atom is -0.298 e. The van der Waals surface area contributed by atoms with Gasteiger partial charge in [-0.2, -0.15) is 0 Å². The third-order valence-electron chi connectivity index (χ3n) is 1.60. The quantitative estimate of drug-likeness (QED) is 0.549. The number of nitrogens with zero attached hydrogens (tertiary/aromatic N) is 1. The maximum absolute atomic E-state index is 12.4. The molecule has 0 saturated carbocycles.